The Kier molecular flexibility index (Phi) is 17.2. The lowest BCUT2D eigenvalue weighted by molar-refractivity contribution is -0.138. The second kappa shape index (κ2) is 21.3. The lowest BCUT2D eigenvalue weighted by Crippen LogP contribution is -2.44. The van der Waals surface area contributed by atoms with Gasteiger partial charge in [-0.25, -0.2) is 28.6 Å². The molecule has 3 aromatic carbocycles. The topological polar surface area (TPSA) is 198 Å². The van der Waals surface area contributed by atoms with E-state index in [1.165, 1.54) is 12.3 Å². The summed E-state index contributed by atoms with van der Waals surface area (Å²) < 4.78 is 35.2. The molecule has 0 aliphatic carbocycles. The molecule has 2 unspecified atom stereocenters. The SMILES string of the molecule is CCCOC.CNCc1cc(NC(=O)OCC(C)c2ccc(C(Nc3ccc4c(N(C(=O)OC(C)(C)C)C(=O)OC(C)(C)C)nccc4c3)C(=O)O)cc2C)cc(F)c1O. The van der Waals surface area contributed by atoms with E-state index < -0.39 is 53.1 Å². The van der Waals surface area contributed by atoms with Crippen molar-refractivity contribution in [1.82, 2.24) is 10.3 Å². The minimum atomic E-state index is -1.16. The molecule has 0 aliphatic heterocycles. The van der Waals surface area contributed by atoms with Crippen molar-refractivity contribution in [1.29, 1.82) is 0 Å². The maximum absolute atomic E-state index is 14.1. The monoisotopic (exact) mass is 835 g/mol. The zero-order valence-corrected chi connectivity index (χ0v) is 36.2. The maximum atomic E-state index is 14.1. The molecule has 2 atom stereocenters. The number of anilines is 3. The number of carbonyl (C=O) groups is 4. The number of amides is 3. The van der Waals surface area contributed by atoms with Crippen LogP contribution < -0.4 is 20.9 Å². The molecule has 0 saturated carbocycles. The summed E-state index contributed by atoms with van der Waals surface area (Å²) in [6.45, 7) is 16.8. The van der Waals surface area contributed by atoms with E-state index in [4.69, 9.17) is 18.9 Å². The van der Waals surface area contributed by atoms with Crippen molar-refractivity contribution >= 4 is 52.2 Å². The van der Waals surface area contributed by atoms with Crippen molar-refractivity contribution in [2.24, 2.45) is 0 Å². The highest BCUT2D eigenvalue weighted by Crippen LogP contribution is 2.32. The van der Waals surface area contributed by atoms with Gasteiger partial charge in [-0.1, -0.05) is 32.0 Å². The summed E-state index contributed by atoms with van der Waals surface area (Å²) in [6.07, 6.45) is -0.207. The molecule has 15 nitrogen and oxygen atoms in total. The number of halogens is 1. The highest BCUT2D eigenvalue weighted by atomic mass is 19.1. The van der Waals surface area contributed by atoms with E-state index in [0.717, 1.165) is 35.1 Å². The van der Waals surface area contributed by atoms with Gasteiger partial charge in [-0.3, -0.25) is 5.32 Å². The fourth-order valence-corrected chi connectivity index (χ4v) is 5.88. The van der Waals surface area contributed by atoms with Gasteiger partial charge in [-0.15, -0.1) is 0 Å². The number of phenols is 1. The van der Waals surface area contributed by atoms with Gasteiger partial charge >= 0.3 is 24.2 Å². The summed E-state index contributed by atoms with van der Waals surface area (Å²) in [5, 5.41) is 29.5. The number of aryl methyl sites for hydroxylation is 1. The standard InChI is InChI=1S/C40H48FN5O9.C4H10O/c1-22-16-25(10-12-29(22)23(2)21-53-36(50)45-28-18-26(20-42-9)33(47)31(41)19-28)32(35(48)49)44-27-11-13-30-24(17-27)14-15-43-34(30)46(37(51)54-39(3,4)5)38(52)55-40(6,7)8;1-3-4-5-2/h10-19,23,32,42,44,47H,20-21H2,1-9H3,(H,45,50)(H,48,49);3-4H2,1-2H3. The first-order valence-electron chi connectivity index (χ1n) is 19.4. The van der Waals surface area contributed by atoms with Crippen LogP contribution in [0.4, 0.5) is 36.0 Å². The Morgan fingerprint density at radius 2 is 1.57 bits per heavy atom. The van der Waals surface area contributed by atoms with E-state index in [1.54, 1.807) is 98.2 Å². The van der Waals surface area contributed by atoms with Crippen molar-refractivity contribution in [3.63, 3.8) is 0 Å². The number of methoxy groups -OCH3 is 1. The van der Waals surface area contributed by atoms with Crippen LogP contribution in [-0.4, -0.2) is 78.0 Å². The molecule has 3 amide bonds. The molecule has 4 rings (SSSR count). The number of aliphatic carboxylic acids is 1. The number of nitrogens with one attached hydrogen (secondary N) is 3. The van der Waals surface area contributed by atoms with Crippen molar-refractivity contribution in [3.8, 4) is 5.75 Å². The van der Waals surface area contributed by atoms with Crippen LogP contribution >= 0.6 is 0 Å². The Morgan fingerprint density at radius 1 is 0.917 bits per heavy atom. The molecule has 0 radical (unpaired) electrons. The zero-order valence-electron chi connectivity index (χ0n) is 36.2. The number of carbonyl (C=O) groups excluding carboxylic acids is 3. The maximum Gasteiger partial charge on any atom is 0.425 e. The zero-order chi connectivity index (χ0) is 44.9. The third-order valence-electron chi connectivity index (χ3n) is 8.45. The summed E-state index contributed by atoms with van der Waals surface area (Å²) in [4.78, 5) is 56.7. The summed E-state index contributed by atoms with van der Waals surface area (Å²) in [5.74, 6) is -2.82. The highest BCUT2D eigenvalue weighted by Gasteiger charge is 2.35. The van der Waals surface area contributed by atoms with Gasteiger partial charge in [0.05, 0.1) is 6.61 Å². The minimum absolute atomic E-state index is 0.0166. The number of ether oxygens (including phenoxy) is 4. The molecule has 0 bridgehead atoms. The van der Waals surface area contributed by atoms with Crippen LogP contribution in [0.15, 0.2) is 60.8 Å². The lowest BCUT2D eigenvalue weighted by Gasteiger charge is -2.28. The number of aromatic hydroxyl groups is 1. The van der Waals surface area contributed by atoms with Crippen LogP contribution in [-0.2, 0) is 30.3 Å². The first-order chi connectivity index (χ1) is 28.1. The van der Waals surface area contributed by atoms with Crippen molar-refractivity contribution in [2.75, 3.05) is 42.9 Å². The molecular weight excluding hydrogens is 778 g/mol. The Labute approximate surface area is 350 Å². The second-order valence-electron chi connectivity index (χ2n) is 16.0. The molecule has 0 saturated heterocycles. The molecule has 0 aliphatic rings. The Hall–Kier alpha value is -6.00. The molecule has 1 aromatic heterocycles. The Balaban J connectivity index is 0.00000181. The smallest absolute Gasteiger partial charge is 0.425 e. The number of phenolic OH excluding ortho intramolecular Hbond substituents is 1. The van der Waals surface area contributed by atoms with Crippen LogP contribution in [0.3, 0.4) is 0 Å². The molecule has 5 N–H and O–H groups in total. The quantitative estimate of drug-likeness (QED) is 0.0631. The number of hydrogen-bond acceptors (Lipinski definition) is 12. The number of carboxylic acids is 1. The van der Waals surface area contributed by atoms with Gasteiger partial charge in [0, 0.05) is 60.8 Å². The third kappa shape index (κ3) is 14.1. The number of rotatable bonds is 13. The lowest BCUT2D eigenvalue weighted by atomic mass is 9.93. The van der Waals surface area contributed by atoms with Gasteiger partial charge in [0.15, 0.2) is 23.4 Å². The largest absolute Gasteiger partial charge is 0.505 e. The van der Waals surface area contributed by atoms with Crippen LogP contribution in [0, 0.1) is 12.7 Å². The van der Waals surface area contributed by atoms with Gasteiger partial charge in [-0.05, 0) is 114 Å². The Bertz CT molecular complexity index is 2100. The van der Waals surface area contributed by atoms with Gasteiger partial charge in [0.2, 0.25) is 0 Å². The predicted octanol–water partition coefficient (Wildman–Crippen LogP) is 9.42. The fraction of sp³-hybridized carbons (Fsp3) is 0.432. The first kappa shape index (κ1) is 48.4. The number of nitrogens with zero attached hydrogens (tertiary/aromatic N) is 2. The minimum Gasteiger partial charge on any atom is -0.505 e. The van der Waals surface area contributed by atoms with E-state index in [2.05, 4.69) is 27.9 Å². The van der Waals surface area contributed by atoms with Gasteiger partial charge in [0.1, 0.15) is 11.2 Å². The molecule has 16 heteroatoms. The summed E-state index contributed by atoms with van der Waals surface area (Å²) >= 11 is 0. The number of hydrogen-bond donors (Lipinski definition) is 5. The van der Waals surface area contributed by atoms with E-state index in [1.807, 2.05) is 13.8 Å². The average molecular weight is 836 g/mol. The molecule has 1 heterocycles. The molecule has 4 aromatic rings. The van der Waals surface area contributed by atoms with Crippen molar-refractivity contribution in [2.45, 2.75) is 98.4 Å². The molecule has 60 heavy (non-hydrogen) atoms. The predicted molar refractivity (Wildman–Crippen MR) is 228 cm³/mol. The van der Waals surface area contributed by atoms with Crippen molar-refractivity contribution in [3.05, 3.63) is 88.9 Å². The van der Waals surface area contributed by atoms with Gasteiger partial charge < -0.3 is 39.8 Å². The molecular formula is C44H58FN5O10. The highest BCUT2D eigenvalue weighted by molar-refractivity contribution is 6.14. The van der Waals surface area contributed by atoms with E-state index in [9.17, 15) is 33.8 Å². The van der Waals surface area contributed by atoms with Gasteiger partial charge in [0.25, 0.3) is 0 Å². The Morgan fingerprint density at radius 3 is 2.10 bits per heavy atom. The number of imide groups is 1. The average Bonchev–Trinajstić information content (AvgIpc) is 3.14. The number of carboxylic acid groups (broad SMARTS) is 1. The molecule has 0 fully saturated rings. The van der Waals surface area contributed by atoms with Crippen LogP contribution in [0.2, 0.25) is 0 Å². The summed E-state index contributed by atoms with van der Waals surface area (Å²) in [6, 6.07) is 13.0. The fourth-order valence-electron chi connectivity index (χ4n) is 5.88. The number of pyridine rings is 1. The summed E-state index contributed by atoms with van der Waals surface area (Å²) in [5.41, 5.74) is 1.04. The number of benzene rings is 3. The molecule has 326 valence electrons. The van der Waals surface area contributed by atoms with Gasteiger partial charge in [-0.2, -0.15) is 4.90 Å². The number of fused-ring (bicyclic) bond motifs is 1. The third-order valence-corrected chi connectivity index (χ3v) is 8.45. The van der Waals surface area contributed by atoms with Crippen LogP contribution in [0.1, 0.15) is 96.0 Å². The van der Waals surface area contributed by atoms with Crippen LogP contribution in [0.5, 0.6) is 5.75 Å². The van der Waals surface area contributed by atoms with Crippen molar-refractivity contribution < 1.29 is 52.7 Å². The van der Waals surface area contributed by atoms with E-state index in [0.29, 0.717) is 22.0 Å². The second-order valence-corrected chi connectivity index (χ2v) is 16.0. The van der Waals surface area contributed by atoms with E-state index in [-0.39, 0.29) is 36.1 Å². The molecule has 0 spiro atoms. The number of aromatic nitrogens is 1. The first-order valence-corrected chi connectivity index (χ1v) is 19.4. The van der Waals surface area contributed by atoms with E-state index >= 15 is 0 Å². The normalized spacial score (nSPS) is 12.3. The van der Waals surface area contributed by atoms with Crippen LogP contribution in [0.25, 0.3) is 10.8 Å². The summed E-state index contributed by atoms with van der Waals surface area (Å²) in [7, 11) is 3.35.